The van der Waals surface area contributed by atoms with E-state index in [4.69, 9.17) is 0 Å². The maximum Gasteiger partial charge on any atom is 0.317 e. The number of nitrogens with zero attached hydrogens (tertiary/aromatic N) is 1. The van der Waals surface area contributed by atoms with Gasteiger partial charge in [-0.2, -0.15) is 0 Å². The number of nitrogens with one attached hydrogen (secondary N) is 1. The quantitative estimate of drug-likeness (QED) is 0.897. The molecule has 1 aliphatic carbocycles. The largest absolute Gasteiger partial charge is 0.393 e. The van der Waals surface area contributed by atoms with Crippen molar-refractivity contribution in [3.63, 3.8) is 0 Å². The second-order valence-corrected chi connectivity index (χ2v) is 7.34. The summed E-state index contributed by atoms with van der Waals surface area (Å²) in [5, 5.41) is 12.9. The van der Waals surface area contributed by atoms with Gasteiger partial charge in [0.1, 0.15) is 0 Å². The van der Waals surface area contributed by atoms with Crippen molar-refractivity contribution in [2.45, 2.75) is 51.0 Å². The lowest BCUT2D eigenvalue weighted by atomic mass is 9.92. The van der Waals surface area contributed by atoms with Crippen molar-refractivity contribution >= 4 is 6.03 Å². The minimum atomic E-state index is -0.340. The van der Waals surface area contributed by atoms with Crippen LogP contribution in [0.2, 0.25) is 0 Å². The maximum atomic E-state index is 12.5. The van der Waals surface area contributed by atoms with Crippen LogP contribution in [0.4, 0.5) is 4.79 Å². The molecule has 1 saturated heterocycles. The summed E-state index contributed by atoms with van der Waals surface area (Å²) >= 11 is 0. The minimum Gasteiger partial charge on any atom is -0.393 e. The number of hydrogen-bond donors (Lipinski definition) is 2. The topological polar surface area (TPSA) is 52.6 Å². The molecule has 4 heteroatoms. The molecule has 2 N–H and O–H groups in total. The lowest BCUT2D eigenvalue weighted by Gasteiger charge is -2.34. The Bertz CT molecular complexity index is 566. The van der Waals surface area contributed by atoms with Crippen LogP contribution in [0.5, 0.6) is 0 Å². The Morgan fingerprint density at radius 3 is 2.83 bits per heavy atom. The van der Waals surface area contributed by atoms with E-state index < -0.39 is 0 Å². The number of rotatable bonds is 4. The van der Waals surface area contributed by atoms with E-state index in [9.17, 15) is 9.90 Å². The Morgan fingerprint density at radius 2 is 2.17 bits per heavy atom. The van der Waals surface area contributed by atoms with Gasteiger partial charge in [-0.05, 0) is 50.7 Å². The fraction of sp³-hybridized carbons (Fsp3) is 0.632. The first-order valence-corrected chi connectivity index (χ1v) is 8.79. The number of amides is 2. The zero-order valence-electron chi connectivity index (χ0n) is 14.2. The molecule has 23 heavy (non-hydrogen) atoms. The standard InChI is InChI=1S/C19H28N2O2/c1-14-6-3-4-8-17(14)19(9-10-19)13-20-18(23)21-11-5-7-16(12-21)15(2)22/h3-4,6,8,15-16,22H,5,7,9-13H2,1-2H3,(H,20,23). The van der Waals surface area contributed by atoms with Crippen LogP contribution in [-0.2, 0) is 5.41 Å². The molecule has 3 rings (SSSR count). The van der Waals surface area contributed by atoms with Crippen molar-refractivity contribution in [1.82, 2.24) is 10.2 Å². The fourth-order valence-corrected chi connectivity index (χ4v) is 3.80. The first-order valence-electron chi connectivity index (χ1n) is 8.79. The number of aliphatic hydroxyl groups is 1. The molecule has 1 heterocycles. The van der Waals surface area contributed by atoms with Gasteiger partial charge in [-0.25, -0.2) is 4.79 Å². The summed E-state index contributed by atoms with van der Waals surface area (Å²) in [5.41, 5.74) is 2.83. The smallest absolute Gasteiger partial charge is 0.317 e. The summed E-state index contributed by atoms with van der Waals surface area (Å²) < 4.78 is 0. The number of hydrogen-bond acceptors (Lipinski definition) is 2. The maximum absolute atomic E-state index is 12.5. The summed E-state index contributed by atoms with van der Waals surface area (Å²) in [6, 6.07) is 8.52. The number of urea groups is 1. The molecule has 1 aliphatic heterocycles. The SMILES string of the molecule is Cc1ccccc1C1(CNC(=O)N2CCCC(C(C)O)C2)CC1. The summed E-state index contributed by atoms with van der Waals surface area (Å²) in [5.74, 6) is 0.209. The Kier molecular flexibility index (Phi) is 4.62. The Balaban J connectivity index is 1.58. The molecule has 0 aromatic heterocycles. The van der Waals surface area contributed by atoms with Crippen LogP contribution in [0.3, 0.4) is 0 Å². The molecular weight excluding hydrogens is 288 g/mol. The lowest BCUT2D eigenvalue weighted by Crippen LogP contribution is -2.48. The highest BCUT2D eigenvalue weighted by atomic mass is 16.3. The van der Waals surface area contributed by atoms with Crippen LogP contribution in [0.15, 0.2) is 24.3 Å². The minimum absolute atomic E-state index is 0.0233. The van der Waals surface area contributed by atoms with E-state index in [-0.39, 0.29) is 23.5 Å². The van der Waals surface area contributed by atoms with Crippen LogP contribution < -0.4 is 5.32 Å². The van der Waals surface area contributed by atoms with Gasteiger partial charge in [-0.15, -0.1) is 0 Å². The summed E-state index contributed by atoms with van der Waals surface area (Å²) in [7, 11) is 0. The van der Waals surface area contributed by atoms with Gasteiger partial charge in [0.2, 0.25) is 0 Å². The van der Waals surface area contributed by atoms with E-state index >= 15 is 0 Å². The van der Waals surface area contributed by atoms with E-state index in [0.29, 0.717) is 13.1 Å². The molecule has 4 nitrogen and oxygen atoms in total. The van der Waals surface area contributed by atoms with Crippen molar-refractivity contribution < 1.29 is 9.90 Å². The van der Waals surface area contributed by atoms with Gasteiger partial charge >= 0.3 is 6.03 Å². The Hall–Kier alpha value is -1.55. The van der Waals surface area contributed by atoms with Crippen LogP contribution >= 0.6 is 0 Å². The van der Waals surface area contributed by atoms with Gasteiger partial charge < -0.3 is 15.3 Å². The molecule has 1 aromatic carbocycles. The van der Waals surface area contributed by atoms with Crippen LogP contribution in [-0.4, -0.2) is 41.8 Å². The molecule has 2 unspecified atom stereocenters. The molecule has 2 atom stereocenters. The molecule has 0 radical (unpaired) electrons. The van der Waals surface area contributed by atoms with Crippen LogP contribution in [0, 0.1) is 12.8 Å². The van der Waals surface area contributed by atoms with Crippen molar-refractivity contribution in [2.24, 2.45) is 5.92 Å². The van der Waals surface area contributed by atoms with Gasteiger partial charge in [0.05, 0.1) is 6.10 Å². The molecular formula is C19H28N2O2. The van der Waals surface area contributed by atoms with E-state index in [0.717, 1.165) is 32.2 Å². The highest BCUT2D eigenvalue weighted by Gasteiger charge is 2.45. The van der Waals surface area contributed by atoms with E-state index in [1.165, 1.54) is 11.1 Å². The van der Waals surface area contributed by atoms with Gasteiger partial charge in [0.15, 0.2) is 0 Å². The monoisotopic (exact) mass is 316 g/mol. The fourth-order valence-electron chi connectivity index (χ4n) is 3.80. The van der Waals surface area contributed by atoms with Crippen LogP contribution in [0.25, 0.3) is 0 Å². The molecule has 2 amide bonds. The zero-order chi connectivity index (χ0) is 16.4. The molecule has 0 spiro atoms. The van der Waals surface area contributed by atoms with Gasteiger partial charge in [0, 0.05) is 31.0 Å². The van der Waals surface area contributed by atoms with E-state index in [2.05, 4.69) is 36.5 Å². The number of aryl methyl sites for hydroxylation is 1. The highest BCUT2D eigenvalue weighted by molar-refractivity contribution is 5.74. The van der Waals surface area contributed by atoms with E-state index in [1.807, 2.05) is 11.8 Å². The molecule has 1 saturated carbocycles. The molecule has 2 fully saturated rings. The summed E-state index contributed by atoms with van der Waals surface area (Å²) in [6.07, 6.45) is 3.94. The second kappa shape index (κ2) is 6.52. The van der Waals surface area contributed by atoms with Gasteiger partial charge in [-0.3, -0.25) is 0 Å². The second-order valence-electron chi connectivity index (χ2n) is 7.34. The summed E-state index contributed by atoms with van der Waals surface area (Å²) in [6.45, 7) is 6.15. The molecule has 2 aliphatic rings. The predicted octanol–water partition coefficient (Wildman–Crippen LogP) is 2.83. The number of carbonyl (C=O) groups is 1. The Labute approximate surface area is 138 Å². The van der Waals surface area contributed by atoms with Gasteiger partial charge in [0.25, 0.3) is 0 Å². The number of carbonyl (C=O) groups excluding carboxylic acids is 1. The third kappa shape index (κ3) is 3.52. The van der Waals surface area contributed by atoms with Crippen molar-refractivity contribution in [2.75, 3.05) is 19.6 Å². The first kappa shape index (κ1) is 16.3. The lowest BCUT2D eigenvalue weighted by molar-refractivity contribution is 0.0738. The molecule has 1 aromatic rings. The molecule has 0 bridgehead atoms. The number of benzene rings is 1. The number of aliphatic hydroxyl groups excluding tert-OH is 1. The molecule has 126 valence electrons. The summed E-state index contributed by atoms with van der Waals surface area (Å²) in [4.78, 5) is 14.4. The Morgan fingerprint density at radius 1 is 1.43 bits per heavy atom. The number of piperidine rings is 1. The van der Waals surface area contributed by atoms with E-state index in [1.54, 1.807) is 0 Å². The van der Waals surface area contributed by atoms with Gasteiger partial charge in [-0.1, -0.05) is 24.3 Å². The first-order chi connectivity index (χ1) is 11.0. The third-order valence-electron chi connectivity index (χ3n) is 5.58. The zero-order valence-corrected chi connectivity index (χ0v) is 14.2. The predicted molar refractivity (Wildman–Crippen MR) is 91.5 cm³/mol. The average Bonchev–Trinajstić information content (AvgIpc) is 3.34. The van der Waals surface area contributed by atoms with Crippen LogP contribution in [0.1, 0.15) is 43.7 Å². The van der Waals surface area contributed by atoms with Crippen molar-refractivity contribution in [3.05, 3.63) is 35.4 Å². The average molecular weight is 316 g/mol. The van der Waals surface area contributed by atoms with Crippen molar-refractivity contribution in [3.8, 4) is 0 Å². The third-order valence-corrected chi connectivity index (χ3v) is 5.58. The highest BCUT2D eigenvalue weighted by Crippen LogP contribution is 2.48. The van der Waals surface area contributed by atoms with Crippen molar-refractivity contribution in [1.29, 1.82) is 0 Å². The normalized spacial score (nSPS) is 24.1. The number of likely N-dealkylation sites (tertiary alicyclic amines) is 1.